The zero-order valence-electron chi connectivity index (χ0n) is 14.9. The standard InChI is InChI=1S/C17H26Cl2N2O3S/c1-12-9-13(2)11-21(10-12)8-4-7-20-25(22,23)15-6-5-14(24-3)16(18)17(15)19/h5-6,12-13,20H,4,7-11H2,1-3H3/t12-,13-/m0/s1. The van der Waals surface area contributed by atoms with Crippen molar-refractivity contribution in [1.82, 2.24) is 9.62 Å². The lowest BCUT2D eigenvalue weighted by Crippen LogP contribution is -2.40. The molecular weight excluding hydrogens is 383 g/mol. The van der Waals surface area contributed by atoms with Gasteiger partial charge in [0.05, 0.1) is 12.1 Å². The Morgan fingerprint density at radius 2 is 1.84 bits per heavy atom. The molecule has 8 heteroatoms. The Morgan fingerprint density at radius 1 is 1.20 bits per heavy atom. The van der Waals surface area contributed by atoms with E-state index in [2.05, 4.69) is 23.5 Å². The van der Waals surface area contributed by atoms with Crippen LogP contribution in [0, 0.1) is 11.8 Å². The Morgan fingerprint density at radius 3 is 2.44 bits per heavy atom. The molecule has 1 fully saturated rings. The lowest BCUT2D eigenvalue weighted by Gasteiger charge is -2.34. The van der Waals surface area contributed by atoms with Crippen LogP contribution in [0.5, 0.6) is 5.75 Å². The summed E-state index contributed by atoms with van der Waals surface area (Å²) in [5.74, 6) is 1.74. The molecule has 2 rings (SSSR count). The third-order valence-corrected chi connectivity index (χ3v) is 6.89. The van der Waals surface area contributed by atoms with Crippen LogP contribution >= 0.6 is 23.2 Å². The molecule has 2 atom stereocenters. The first-order valence-corrected chi connectivity index (χ1v) is 10.7. The van der Waals surface area contributed by atoms with E-state index < -0.39 is 10.0 Å². The lowest BCUT2D eigenvalue weighted by molar-refractivity contribution is 0.140. The number of methoxy groups -OCH3 is 1. The molecule has 1 aromatic carbocycles. The van der Waals surface area contributed by atoms with Crippen LogP contribution in [-0.4, -0.2) is 46.6 Å². The van der Waals surface area contributed by atoms with Gasteiger partial charge < -0.3 is 9.64 Å². The summed E-state index contributed by atoms with van der Waals surface area (Å²) in [6, 6.07) is 2.91. The molecule has 0 unspecified atom stereocenters. The van der Waals surface area contributed by atoms with Crippen molar-refractivity contribution in [2.24, 2.45) is 11.8 Å². The van der Waals surface area contributed by atoms with Crippen LogP contribution in [0.2, 0.25) is 10.0 Å². The van der Waals surface area contributed by atoms with E-state index in [0.717, 1.165) is 26.1 Å². The van der Waals surface area contributed by atoms with Gasteiger partial charge in [0.1, 0.15) is 15.7 Å². The predicted octanol–water partition coefficient (Wildman–Crippen LogP) is 3.65. The molecule has 142 valence electrons. The second kappa shape index (κ2) is 8.91. The van der Waals surface area contributed by atoms with Crippen molar-refractivity contribution >= 4 is 33.2 Å². The molecule has 1 N–H and O–H groups in total. The van der Waals surface area contributed by atoms with Gasteiger partial charge in [-0.05, 0) is 43.4 Å². The highest BCUT2D eigenvalue weighted by Gasteiger charge is 2.23. The Kier molecular flexibility index (Phi) is 7.40. The van der Waals surface area contributed by atoms with Crippen LogP contribution in [0.1, 0.15) is 26.7 Å². The first-order valence-electron chi connectivity index (χ1n) is 8.48. The summed E-state index contributed by atoms with van der Waals surface area (Å²) in [4.78, 5) is 2.38. The van der Waals surface area contributed by atoms with Gasteiger partial charge in [-0.1, -0.05) is 37.0 Å². The zero-order chi connectivity index (χ0) is 18.6. The Labute approximate surface area is 160 Å². The fourth-order valence-electron chi connectivity index (χ4n) is 3.44. The highest BCUT2D eigenvalue weighted by Crippen LogP contribution is 2.36. The van der Waals surface area contributed by atoms with E-state index in [1.807, 2.05) is 0 Å². The molecule has 1 heterocycles. The molecule has 0 saturated carbocycles. The van der Waals surface area contributed by atoms with E-state index in [-0.39, 0.29) is 14.9 Å². The summed E-state index contributed by atoms with van der Waals surface area (Å²) >= 11 is 12.1. The fraction of sp³-hybridized carbons (Fsp3) is 0.647. The second-order valence-electron chi connectivity index (χ2n) is 6.85. The number of hydrogen-bond acceptors (Lipinski definition) is 4. The van der Waals surface area contributed by atoms with Gasteiger partial charge in [0.15, 0.2) is 0 Å². The van der Waals surface area contributed by atoms with Gasteiger partial charge in [0, 0.05) is 19.6 Å². The zero-order valence-corrected chi connectivity index (χ0v) is 17.2. The maximum absolute atomic E-state index is 12.5. The molecule has 0 spiro atoms. The normalized spacial score (nSPS) is 22.1. The van der Waals surface area contributed by atoms with Crippen LogP contribution in [-0.2, 0) is 10.0 Å². The topological polar surface area (TPSA) is 58.6 Å². The van der Waals surface area contributed by atoms with Crippen molar-refractivity contribution in [2.45, 2.75) is 31.6 Å². The van der Waals surface area contributed by atoms with Gasteiger partial charge >= 0.3 is 0 Å². The van der Waals surface area contributed by atoms with Crippen LogP contribution in [0.4, 0.5) is 0 Å². The molecule has 25 heavy (non-hydrogen) atoms. The second-order valence-corrected chi connectivity index (χ2v) is 9.34. The van der Waals surface area contributed by atoms with Crippen molar-refractivity contribution in [3.05, 3.63) is 22.2 Å². The van der Waals surface area contributed by atoms with Gasteiger partial charge in [-0.15, -0.1) is 0 Å². The predicted molar refractivity (Wildman–Crippen MR) is 102 cm³/mol. The van der Waals surface area contributed by atoms with Crippen molar-refractivity contribution in [3.8, 4) is 5.75 Å². The summed E-state index contributed by atoms with van der Waals surface area (Å²) in [7, 11) is -2.25. The van der Waals surface area contributed by atoms with Gasteiger partial charge in [0.25, 0.3) is 0 Å². The molecule has 5 nitrogen and oxygen atoms in total. The maximum Gasteiger partial charge on any atom is 0.242 e. The number of hydrogen-bond donors (Lipinski definition) is 1. The summed E-state index contributed by atoms with van der Waals surface area (Å²) in [5.41, 5.74) is 0. The van der Waals surface area contributed by atoms with Crippen molar-refractivity contribution in [2.75, 3.05) is 33.3 Å². The molecular formula is C17H26Cl2N2O3S. The lowest BCUT2D eigenvalue weighted by atomic mass is 9.92. The van der Waals surface area contributed by atoms with Crippen molar-refractivity contribution < 1.29 is 13.2 Å². The molecule has 0 aromatic heterocycles. The monoisotopic (exact) mass is 408 g/mol. The van der Waals surface area contributed by atoms with Crippen molar-refractivity contribution in [1.29, 1.82) is 0 Å². The summed E-state index contributed by atoms with van der Waals surface area (Å²) in [6.45, 7) is 7.94. The Bertz CT molecular complexity index is 687. The highest BCUT2D eigenvalue weighted by molar-refractivity contribution is 7.89. The smallest absolute Gasteiger partial charge is 0.242 e. The highest BCUT2D eigenvalue weighted by atomic mass is 35.5. The minimum atomic E-state index is -3.70. The third-order valence-electron chi connectivity index (χ3n) is 4.41. The number of nitrogens with zero attached hydrogens (tertiary/aromatic N) is 1. The van der Waals surface area contributed by atoms with Crippen LogP contribution in [0.25, 0.3) is 0 Å². The van der Waals surface area contributed by atoms with E-state index in [1.165, 1.54) is 25.7 Å². The molecule has 1 aliphatic rings. The molecule has 0 amide bonds. The number of likely N-dealkylation sites (tertiary alicyclic amines) is 1. The summed E-state index contributed by atoms with van der Waals surface area (Å²) < 4.78 is 32.5. The SMILES string of the molecule is COc1ccc(S(=O)(=O)NCCCN2C[C@@H](C)C[C@H](C)C2)c(Cl)c1Cl. The quantitative estimate of drug-likeness (QED) is 0.699. The number of nitrogens with one attached hydrogen (secondary N) is 1. The van der Waals surface area contributed by atoms with E-state index in [0.29, 0.717) is 24.1 Å². The van der Waals surface area contributed by atoms with Gasteiger partial charge in [-0.2, -0.15) is 0 Å². The summed E-state index contributed by atoms with van der Waals surface area (Å²) in [5, 5.41) is 0.0792. The largest absolute Gasteiger partial charge is 0.495 e. The fourth-order valence-corrected chi connectivity index (χ4v) is 5.35. The summed E-state index contributed by atoms with van der Waals surface area (Å²) in [6.07, 6.45) is 2.01. The van der Waals surface area contributed by atoms with E-state index >= 15 is 0 Å². The number of sulfonamides is 1. The average Bonchev–Trinajstić information content (AvgIpc) is 2.53. The molecule has 0 radical (unpaired) electrons. The van der Waals surface area contributed by atoms with E-state index in [1.54, 1.807) is 0 Å². The first-order chi connectivity index (χ1) is 11.7. The molecule has 0 aliphatic carbocycles. The van der Waals surface area contributed by atoms with Crippen LogP contribution < -0.4 is 9.46 Å². The van der Waals surface area contributed by atoms with E-state index in [9.17, 15) is 8.42 Å². The van der Waals surface area contributed by atoms with Gasteiger partial charge in [-0.3, -0.25) is 0 Å². The van der Waals surface area contributed by atoms with Crippen molar-refractivity contribution in [3.63, 3.8) is 0 Å². The Balaban J connectivity index is 1.91. The third kappa shape index (κ3) is 5.47. The first kappa shape index (κ1) is 20.8. The van der Waals surface area contributed by atoms with Gasteiger partial charge in [0.2, 0.25) is 10.0 Å². The Hall–Kier alpha value is -0.530. The molecule has 1 aliphatic heterocycles. The number of ether oxygens (including phenoxy) is 1. The average molecular weight is 409 g/mol. The minimum absolute atomic E-state index is 0.0211. The minimum Gasteiger partial charge on any atom is -0.495 e. The molecule has 1 saturated heterocycles. The van der Waals surface area contributed by atoms with Crippen LogP contribution in [0.3, 0.4) is 0 Å². The number of rotatable bonds is 7. The van der Waals surface area contributed by atoms with Gasteiger partial charge in [-0.25, -0.2) is 13.1 Å². The van der Waals surface area contributed by atoms with E-state index in [4.69, 9.17) is 27.9 Å². The number of halogens is 2. The number of benzene rings is 1. The number of piperidine rings is 1. The molecule has 1 aromatic rings. The molecule has 0 bridgehead atoms. The van der Waals surface area contributed by atoms with Crippen LogP contribution in [0.15, 0.2) is 17.0 Å². The maximum atomic E-state index is 12.5.